The van der Waals surface area contributed by atoms with E-state index in [1.807, 2.05) is 19.1 Å². The van der Waals surface area contributed by atoms with Crippen LogP contribution < -0.4 is 10.1 Å². The van der Waals surface area contributed by atoms with Crippen LogP contribution >= 0.6 is 15.9 Å². The largest absolute Gasteiger partial charge is 0.496 e. The Hall–Kier alpha value is -2.02. The molecule has 1 heterocycles. The number of methoxy groups -OCH3 is 2. The normalized spacial score (nSPS) is 17.6. The van der Waals surface area contributed by atoms with E-state index in [4.69, 9.17) is 9.47 Å². The van der Waals surface area contributed by atoms with Gasteiger partial charge in [-0.1, -0.05) is 22.9 Å². The van der Waals surface area contributed by atoms with Gasteiger partial charge in [-0.2, -0.15) is 0 Å². The first-order chi connectivity index (χ1) is 11.4. The minimum absolute atomic E-state index is 0.242. The molecule has 0 saturated carbocycles. The first-order valence-electron chi connectivity index (χ1n) is 7.65. The number of allylic oxidation sites excluding steroid dienone is 1. The molecule has 2 amide bonds. The quantitative estimate of drug-likeness (QED) is 0.774. The van der Waals surface area contributed by atoms with Gasteiger partial charge in [0.2, 0.25) is 0 Å². The van der Waals surface area contributed by atoms with Crippen LogP contribution in [-0.4, -0.2) is 37.7 Å². The second kappa shape index (κ2) is 7.70. The summed E-state index contributed by atoms with van der Waals surface area (Å²) in [5.74, 6) is 0.113. The van der Waals surface area contributed by atoms with Gasteiger partial charge >= 0.3 is 12.0 Å². The molecule has 0 saturated heterocycles. The zero-order valence-electron chi connectivity index (χ0n) is 14.2. The number of halogens is 1. The molecule has 7 heteroatoms. The van der Waals surface area contributed by atoms with Crippen LogP contribution in [0.3, 0.4) is 0 Å². The third kappa shape index (κ3) is 3.40. The van der Waals surface area contributed by atoms with E-state index >= 15 is 0 Å². The van der Waals surface area contributed by atoms with E-state index in [2.05, 4.69) is 21.2 Å². The Bertz CT molecular complexity index is 687. The first-order valence-corrected chi connectivity index (χ1v) is 8.44. The molecule has 0 aromatic heterocycles. The summed E-state index contributed by atoms with van der Waals surface area (Å²) < 4.78 is 11.2. The number of hydrogen-bond acceptors (Lipinski definition) is 4. The van der Waals surface area contributed by atoms with Crippen LogP contribution in [-0.2, 0) is 9.53 Å². The lowest BCUT2D eigenvalue weighted by atomic mass is 9.94. The first kappa shape index (κ1) is 18.3. The van der Waals surface area contributed by atoms with Crippen LogP contribution in [0.5, 0.6) is 5.75 Å². The van der Waals surface area contributed by atoms with Gasteiger partial charge in [-0.25, -0.2) is 9.59 Å². The molecule has 1 aliphatic rings. The summed E-state index contributed by atoms with van der Waals surface area (Å²) in [4.78, 5) is 26.4. The zero-order chi connectivity index (χ0) is 17.9. The molecule has 1 atom stereocenters. The van der Waals surface area contributed by atoms with Gasteiger partial charge in [0, 0.05) is 22.3 Å². The summed E-state index contributed by atoms with van der Waals surface area (Å²) in [6.07, 6.45) is 0.782. The molecule has 1 aromatic rings. The van der Waals surface area contributed by atoms with Crippen molar-refractivity contribution < 1.29 is 19.1 Å². The van der Waals surface area contributed by atoms with Crippen molar-refractivity contribution >= 4 is 27.9 Å². The molecule has 2 rings (SSSR count). The summed E-state index contributed by atoms with van der Waals surface area (Å²) in [5, 5.41) is 2.89. The fraction of sp³-hybridized carbons (Fsp3) is 0.412. The van der Waals surface area contributed by atoms with Crippen LogP contribution in [0.4, 0.5) is 4.79 Å². The number of ether oxygens (including phenoxy) is 2. The Morgan fingerprint density at radius 3 is 2.67 bits per heavy atom. The zero-order valence-corrected chi connectivity index (χ0v) is 15.8. The summed E-state index contributed by atoms with van der Waals surface area (Å²) in [6.45, 7) is 4.26. The molecule has 0 unspecified atom stereocenters. The predicted octanol–water partition coefficient (Wildman–Crippen LogP) is 3.38. The van der Waals surface area contributed by atoms with Gasteiger partial charge in [0.25, 0.3) is 0 Å². The van der Waals surface area contributed by atoms with E-state index in [1.54, 1.807) is 25.0 Å². The fourth-order valence-corrected chi connectivity index (χ4v) is 3.19. The number of esters is 1. The van der Waals surface area contributed by atoms with E-state index in [-0.39, 0.29) is 6.03 Å². The molecule has 0 spiro atoms. The van der Waals surface area contributed by atoms with Crippen LogP contribution in [0.15, 0.2) is 33.9 Å². The van der Waals surface area contributed by atoms with E-state index in [1.165, 1.54) is 7.11 Å². The number of hydrogen-bond donors (Lipinski definition) is 1. The predicted molar refractivity (Wildman–Crippen MR) is 93.7 cm³/mol. The SMILES string of the molecule is CCCN1C(=O)N[C@H](c2cc(Br)ccc2OC)C(C(=O)OC)=C1C. The standard InChI is InChI=1S/C17H21BrN2O4/c1-5-8-20-10(2)14(16(21)24-4)15(19-17(20)22)12-9-11(18)6-7-13(12)23-3/h6-7,9,15H,5,8H2,1-4H3,(H,19,22)/t15-/m1/s1. The smallest absolute Gasteiger partial charge is 0.337 e. The van der Waals surface area contributed by atoms with Gasteiger partial charge in [-0.3, -0.25) is 4.90 Å². The van der Waals surface area contributed by atoms with E-state index in [0.717, 1.165) is 10.9 Å². The van der Waals surface area contributed by atoms with Gasteiger partial charge in [0.05, 0.1) is 25.8 Å². The molecule has 6 nitrogen and oxygen atoms in total. The number of nitrogens with zero attached hydrogens (tertiary/aromatic N) is 1. The Morgan fingerprint density at radius 1 is 1.38 bits per heavy atom. The second-order valence-electron chi connectivity index (χ2n) is 5.41. The molecule has 0 bridgehead atoms. The molecule has 24 heavy (non-hydrogen) atoms. The molecular formula is C17H21BrN2O4. The molecule has 130 valence electrons. The maximum Gasteiger partial charge on any atom is 0.337 e. The summed E-state index contributed by atoms with van der Waals surface area (Å²) in [5.41, 5.74) is 1.69. The highest BCUT2D eigenvalue weighted by Crippen LogP contribution is 2.37. The molecular weight excluding hydrogens is 376 g/mol. The van der Waals surface area contributed by atoms with E-state index in [0.29, 0.717) is 29.1 Å². The van der Waals surface area contributed by atoms with Crippen molar-refractivity contribution in [2.45, 2.75) is 26.3 Å². The molecule has 1 aliphatic heterocycles. The number of carbonyl (C=O) groups excluding carboxylic acids is 2. The number of benzene rings is 1. The van der Waals surface area contributed by atoms with E-state index < -0.39 is 12.0 Å². The average Bonchev–Trinajstić information content (AvgIpc) is 2.57. The highest BCUT2D eigenvalue weighted by atomic mass is 79.9. The minimum Gasteiger partial charge on any atom is -0.496 e. The number of amides is 2. The highest BCUT2D eigenvalue weighted by molar-refractivity contribution is 9.10. The van der Waals surface area contributed by atoms with Crippen molar-refractivity contribution in [1.82, 2.24) is 10.2 Å². The Kier molecular flexibility index (Phi) is 5.88. The van der Waals surface area contributed by atoms with Crippen LogP contribution in [0, 0.1) is 0 Å². The molecule has 0 radical (unpaired) electrons. The number of carbonyl (C=O) groups is 2. The topological polar surface area (TPSA) is 67.9 Å². The van der Waals surface area contributed by atoms with Crippen LogP contribution in [0.25, 0.3) is 0 Å². The van der Waals surface area contributed by atoms with Crippen molar-refractivity contribution in [3.63, 3.8) is 0 Å². The third-order valence-electron chi connectivity index (χ3n) is 3.95. The minimum atomic E-state index is -0.634. The van der Waals surface area contributed by atoms with Crippen LogP contribution in [0.2, 0.25) is 0 Å². The Balaban J connectivity index is 2.62. The Morgan fingerprint density at radius 2 is 2.08 bits per heavy atom. The maximum absolute atomic E-state index is 12.5. The summed E-state index contributed by atoms with van der Waals surface area (Å²) in [7, 11) is 2.88. The van der Waals surface area contributed by atoms with Crippen molar-refractivity contribution in [3.8, 4) is 5.75 Å². The molecule has 0 fully saturated rings. The fourth-order valence-electron chi connectivity index (χ4n) is 2.81. The second-order valence-corrected chi connectivity index (χ2v) is 6.33. The summed E-state index contributed by atoms with van der Waals surface area (Å²) in [6, 6.07) is 4.58. The van der Waals surface area contributed by atoms with Crippen molar-refractivity contribution in [2.24, 2.45) is 0 Å². The lowest BCUT2D eigenvalue weighted by Gasteiger charge is -2.35. The van der Waals surface area contributed by atoms with E-state index in [9.17, 15) is 9.59 Å². The maximum atomic E-state index is 12.5. The third-order valence-corrected chi connectivity index (χ3v) is 4.44. The van der Waals surface area contributed by atoms with Gasteiger partial charge < -0.3 is 14.8 Å². The van der Waals surface area contributed by atoms with Crippen molar-refractivity contribution in [2.75, 3.05) is 20.8 Å². The number of urea groups is 1. The number of nitrogens with one attached hydrogen (secondary N) is 1. The van der Waals surface area contributed by atoms with Gasteiger partial charge in [-0.05, 0) is 31.5 Å². The lowest BCUT2D eigenvalue weighted by molar-refractivity contribution is -0.136. The molecule has 1 N–H and O–H groups in total. The monoisotopic (exact) mass is 396 g/mol. The highest BCUT2D eigenvalue weighted by Gasteiger charge is 2.37. The van der Waals surface area contributed by atoms with Crippen molar-refractivity contribution in [3.05, 3.63) is 39.5 Å². The summed E-state index contributed by atoms with van der Waals surface area (Å²) >= 11 is 3.42. The van der Waals surface area contributed by atoms with Gasteiger partial charge in [-0.15, -0.1) is 0 Å². The molecule has 1 aromatic carbocycles. The average molecular weight is 397 g/mol. The number of rotatable bonds is 5. The van der Waals surface area contributed by atoms with Crippen LogP contribution in [0.1, 0.15) is 31.9 Å². The Labute approximate surface area is 149 Å². The van der Waals surface area contributed by atoms with Gasteiger partial charge in [0.15, 0.2) is 0 Å². The van der Waals surface area contributed by atoms with Crippen molar-refractivity contribution in [1.29, 1.82) is 0 Å². The molecule has 0 aliphatic carbocycles. The lowest BCUT2D eigenvalue weighted by Crippen LogP contribution is -2.48. The van der Waals surface area contributed by atoms with Gasteiger partial charge in [0.1, 0.15) is 5.75 Å².